The van der Waals surface area contributed by atoms with Crippen LogP contribution in [0.15, 0.2) is 11.5 Å². The Morgan fingerprint density at radius 1 is 1.45 bits per heavy atom. The summed E-state index contributed by atoms with van der Waals surface area (Å²) in [5, 5.41) is 12.1. The second-order valence-corrected chi connectivity index (χ2v) is 7.15. The molecule has 0 unspecified atom stereocenters. The smallest absolute Gasteiger partial charge is 0.230 e. The van der Waals surface area contributed by atoms with Crippen molar-refractivity contribution in [2.24, 2.45) is 11.8 Å². The van der Waals surface area contributed by atoms with Crippen LogP contribution in [0.3, 0.4) is 0 Å². The summed E-state index contributed by atoms with van der Waals surface area (Å²) < 4.78 is 7.04. The molecule has 2 fully saturated rings. The topological polar surface area (TPSA) is 69.0 Å². The lowest BCUT2D eigenvalue weighted by Gasteiger charge is -2.17. The van der Waals surface area contributed by atoms with E-state index >= 15 is 0 Å². The van der Waals surface area contributed by atoms with Gasteiger partial charge in [0.15, 0.2) is 5.16 Å². The number of amides is 1. The van der Waals surface area contributed by atoms with Crippen LogP contribution >= 0.6 is 11.8 Å². The van der Waals surface area contributed by atoms with E-state index in [-0.39, 0.29) is 5.91 Å². The molecule has 2 saturated carbocycles. The maximum atomic E-state index is 12.2. The van der Waals surface area contributed by atoms with E-state index < -0.39 is 0 Å². The molecule has 22 heavy (non-hydrogen) atoms. The van der Waals surface area contributed by atoms with Crippen LogP contribution in [0.4, 0.5) is 0 Å². The average molecular weight is 324 g/mol. The molecule has 0 radical (unpaired) electrons. The van der Waals surface area contributed by atoms with Gasteiger partial charge in [0.2, 0.25) is 5.91 Å². The zero-order chi connectivity index (χ0) is 15.4. The van der Waals surface area contributed by atoms with Gasteiger partial charge in [-0.25, -0.2) is 0 Å². The Labute approximate surface area is 135 Å². The molecule has 0 aromatic carbocycles. The summed E-state index contributed by atoms with van der Waals surface area (Å²) >= 11 is 1.46. The van der Waals surface area contributed by atoms with E-state index in [1.54, 1.807) is 13.4 Å². The van der Waals surface area contributed by atoms with Crippen LogP contribution in [0.2, 0.25) is 0 Å². The van der Waals surface area contributed by atoms with E-state index in [1.807, 2.05) is 4.57 Å². The number of nitrogens with one attached hydrogen (secondary N) is 1. The summed E-state index contributed by atoms with van der Waals surface area (Å²) in [6.45, 7) is 1.53. The average Bonchev–Trinajstić information content (AvgIpc) is 3.42. The van der Waals surface area contributed by atoms with Crippen molar-refractivity contribution < 1.29 is 9.53 Å². The number of ether oxygens (including phenoxy) is 1. The number of carbonyl (C=O) groups is 1. The summed E-state index contributed by atoms with van der Waals surface area (Å²) in [6, 6.07) is 0.424. The SMILES string of the molecule is COCCCn1cnnc1SCC(=O)NC(C1CC1)C1CC1. The van der Waals surface area contributed by atoms with Gasteiger partial charge in [0.1, 0.15) is 6.33 Å². The Hall–Kier alpha value is -1.08. The molecule has 0 aliphatic heterocycles. The highest BCUT2D eigenvalue weighted by Crippen LogP contribution is 2.44. The Balaban J connectivity index is 1.43. The predicted molar refractivity (Wildman–Crippen MR) is 84.6 cm³/mol. The maximum Gasteiger partial charge on any atom is 0.230 e. The van der Waals surface area contributed by atoms with E-state index in [0.29, 0.717) is 18.4 Å². The lowest BCUT2D eigenvalue weighted by atomic mass is 10.1. The molecule has 6 nitrogen and oxygen atoms in total. The molecule has 1 amide bonds. The predicted octanol–water partition coefficient (Wildman–Crippen LogP) is 1.71. The third-order valence-electron chi connectivity index (χ3n) is 4.25. The molecular weight excluding hydrogens is 300 g/mol. The summed E-state index contributed by atoms with van der Waals surface area (Å²) in [4.78, 5) is 12.2. The van der Waals surface area contributed by atoms with Gasteiger partial charge in [-0.05, 0) is 43.9 Å². The van der Waals surface area contributed by atoms with Crippen molar-refractivity contribution in [3.8, 4) is 0 Å². The molecule has 122 valence electrons. The van der Waals surface area contributed by atoms with Crippen molar-refractivity contribution in [2.45, 2.75) is 49.8 Å². The van der Waals surface area contributed by atoms with Crippen LogP contribution in [-0.4, -0.2) is 46.2 Å². The van der Waals surface area contributed by atoms with Crippen molar-refractivity contribution in [3.05, 3.63) is 6.33 Å². The number of aromatic nitrogens is 3. The molecule has 1 aromatic heterocycles. The minimum atomic E-state index is 0.125. The maximum absolute atomic E-state index is 12.2. The van der Waals surface area contributed by atoms with Gasteiger partial charge in [-0.15, -0.1) is 10.2 Å². The monoisotopic (exact) mass is 324 g/mol. The zero-order valence-electron chi connectivity index (χ0n) is 13.0. The molecular formula is C15H24N4O2S. The van der Waals surface area contributed by atoms with Crippen molar-refractivity contribution in [1.82, 2.24) is 20.1 Å². The van der Waals surface area contributed by atoms with E-state index in [1.165, 1.54) is 37.4 Å². The second-order valence-electron chi connectivity index (χ2n) is 6.21. The Kier molecular flexibility index (Phi) is 5.36. The molecule has 7 heteroatoms. The van der Waals surface area contributed by atoms with Crippen LogP contribution in [0.5, 0.6) is 0 Å². The lowest BCUT2D eigenvalue weighted by Crippen LogP contribution is -2.39. The number of methoxy groups -OCH3 is 1. The quantitative estimate of drug-likeness (QED) is 0.524. The van der Waals surface area contributed by atoms with Crippen LogP contribution in [-0.2, 0) is 16.1 Å². The number of carbonyl (C=O) groups excluding carboxylic acids is 1. The van der Waals surface area contributed by atoms with Crippen molar-refractivity contribution in [1.29, 1.82) is 0 Å². The molecule has 0 spiro atoms. The molecule has 0 atom stereocenters. The van der Waals surface area contributed by atoms with Gasteiger partial charge < -0.3 is 14.6 Å². The first kappa shape index (κ1) is 15.8. The zero-order valence-corrected chi connectivity index (χ0v) is 13.8. The number of nitrogens with zero attached hydrogens (tertiary/aromatic N) is 3. The highest BCUT2D eigenvalue weighted by molar-refractivity contribution is 7.99. The second kappa shape index (κ2) is 7.46. The normalized spacial score (nSPS) is 17.9. The number of aryl methyl sites for hydroxylation is 1. The van der Waals surface area contributed by atoms with Crippen LogP contribution < -0.4 is 5.32 Å². The van der Waals surface area contributed by atoms with Gasteiger partial charge >= 0.3 is 0 Å². The third kappa shape index (κ3) is 4.46. The first-order valence-electron chi connectivity index (χ1n) is 8.07. The van der Waals surface area contributed by atoms with Crippen LogP contribution in [0, 0.1) is 11.8 Å². The first-order valence-corrected chi connectivity index (χ1v) is 9.05. The van der Waals surface area contributed by atoms with Crippen molar-refractivity contribution in [2.75, 3.05) is 19.5 Å². The summed E-state index contributed by atoms with van der Waals surface area (Å²) in [5.41, 5.74) is 0. The Bertz CT molecular complexity index is 487. The molecule has 1 heterocycles. The standard InChI is InChI=1S/C15H24N4O2S/c1-21-8-2-7-19-10-16-18-15(19)22-9-13(20)17-14(11-3-4-11)12-5-6-12/h10-12,14H,2-9H2,1H3,(H,17,20). The minimum Gasteiger partial charge on any atom is -0.385 e. The lowest BCUT2D eigenvalue weighted by molar-refractivity contribution is -0.119. The van der Waals surface area contributed by atoms with E-state index in [4.69, 9.17) is 4.74 Å². The van der Waals surface area contributed by atoms with E-state index in [2.05, 4.69) is 15.5 Å². The third-order valence-corrected chi connectivity index (χ3v) is 5.23. The van der Waals surface area contributed by atoms with Gasteiger partial charge in [0, 0.05) is 26.3 Å². The highest BCUT2D eigenvalue weighted by atomic mass is 32.2. The fraction of sp³-hybridized carbons (Fsp3) is 0.800. The first-order chi connectivity index (χ1) is 10.8. The number of thioether (sulfide) groups is 1. The molecule has 3 rings (SSSR count). The van der Waals surface area contributed by atoms with Gasteiger partial charge in [0.25, 0.3) is 0 Å². The van der Waals surface area contributed by atoms with Crippen molar-refractivity contribution in [3.63, 3.8) is 0 Å². The van der Waals surface area contributed by atoms with Gasteiger partial charge in [-0.2, -0.15) is 0 Å². The number of hydrogen-bond donors (Lipinski definition) is 1. The van der Waals surface area contributed by atoms with E-state index in [0.717, 1.165) is 30.0 Å². The van der Waals surface area contributed by atoms with Gasteiger partial charge in [-0.3, -0.25) is 4.79 Å². The molecule has 1 N–H and O–H groups in total. The molecule has 1 aromatic rings. The van der Waals surface area contributed by atoms with Gasteiger partial charge in [-0.1, -0.05) is 11.8 Å². The van der Waals surface area contributed by atoms with Crippen molar-refractivity contribution >= 4 is 17.7 Å². The largest absolute Gasteiger partial charge is 0.385 e. The summed E-state index contributed by atoms with van der Waals surface area (Å²) in [5.74, 6) is 2.01. The molecule has 0 bridgehead atoms. The Morgan fingerprint density at radius 2 is 2.18 bits per heavy atom. The molecule has 2 aliphatic carbocycles. The number of rotatable bonds is 10. The highest BCUT2D eigenvalue weighted by Gasteiger charge is 2.42. The fourth-order valence-corrected chi connectivity index (χ4v) is 3.53. The number of hydrogen-bond acceptors (Lipinski definition) is 5. The van der Waals surface area contributed by atoms with Gasteiger partial charge in [0.05, 0.1) is 5.75 Å². The molecule has 2 aliphatic rings. The fourth-order valence-electron chi connectivity index (χ4n) is 2.78. The van der Waals surface area contributed by atoms with E-state index in [9.17, 15) is 4.79 Å². The Morgan fingerprint density at radius 3 is 2.82 bits per heavy atom. The van der Waals surface area contributed by atoms with Crippen LogP contribution in [0.25, 0.3) is 0 Å². The molecule has 0 saturated heterocycles. The summed E-state index contributed by atoms with van der Waals surface area (Å²) in [7, 11) is 1.70. The van der Waals surface area contributed by atoms with Crippen LogP contribution in [0.1, 0.15) is 32.1 Å². The summed E-state index contributed by atoms with van der Waals surface area (Å²) in [6.07, 6.45) is 7.75. The minimum absolute atomic E-state index is 0.125.